The second kappa shape index (κ2) is 6.23. The molecule has 1 aromatic heterocycles. The van der Waals surface area contributed by atoms with E-state index in [4.69, 9.17) is 5.73 Å². The zero-order valence-electron chi connectivity index (χ0n) is 12.7. The molecule has 0 amide bonds. The lowest BCUT2D eigenvalue weighted by atomic mass is 10.1. The molecule has 2 N–H and O–H groups in total. The van der Waals surface area contributed by atoms with Crippen LogP contribution in [0.2, 0.25) is 0 Å². The summed E-state index contributed by atoms with van der Waals surface area (Å²) in [7, 11) is 2.03. The predicted octanol–water partition coefficient (Wildman–Crippen LogP) is 2.24. The zero-order chi connectivity index (χ0) is 13.9. The van der Waals surface area contributed by atoms with E-state index < -0.39 is 0 Å². The third kappa shape index (κ3) is 3.05. The molecule has 1 rings (SSSR count). The molecular weight excluding hydrogens is 224 g/mol. The van der Waals surface area contributed by atoms with Crippen LogP contribution in [0.1, 0.15) is 45.4 Å². The number of nitrogens with two attached hydrogens (primary N) is 1. The molecule has 1 heterocycles. The number of hydrogen-bond acceptors (Lipinski definition) is 3. The van der Waals surface area contributed by atoms with Gasteiger partial charge in [-0.15, -0.1) is 0 Å². The summed E-state index contributed by atoms with van der Waals surface area (Å²) < 4.78 is 2.00. The van der Waals surface area contributed by atoms with E-state index in [2.05, 4.69) is 44.6 Å². The minimum absolute atomic E-state index is 0.169. The van der Waals surface area contributed by atoms with Crippen LogP contribution in [0.15, 0.2) is 0 Å². The monoisotopic (exact) mass is 252 g/mol. The molecule has 0 aliphatic heterocycles. The predicted molar refractivity (Wildman–Crippen MR) is 78.1 cm³/mol. The van der Waals surface area contributed by atoms with Gasteiger partial charge in [0.2, 0.25) is 0 Å². The first-order chi connectivity index (χ1) is 8.42. The molecule has 4 heteroatoms. The Bertz CT molecular complexity index is 381. The van der Waals surface area contributed by atoms with Gasteiger partial charge in [0.1, 0.15) is 5.82 Å². The molecule has 0 spiro atoms. The first kappa shape index (κ1) is 15.0. The van der Waals surface area contributed by atoms with Crippen molar-refractivity contribution in [3.63, 3.8) is 0 Å². The Morgan fingerprint density at radius 2 is 1.94 bits per heavy atom. The summed E-state index contributed by atoms with van der Waals surface area (Å²) in [6.07, 6.45) is 2.03. The summed E-state index contributed by atoms with van der Waals surface area (Å²) in [6.45, 7) is 11.8. The van der Waals surface area contributed by atoms with Crippen molar-refractivity contribution in [1.82, 2.24) is 9.78 Å². The average molecular weight is 252 g/mol. The molecule has 0 bridgehead atoms. The van der Waals surface area contributed by atoms with Crippen molar-refractivity contribution < 1.29 is 0 Å². The van der Waals surface area contributed by atoms with E-state index in [1.165, 1.54) is 11.4 Å². The molecule has 104 valence electrons. The van der Waals surface area contributed by atoms with Crippen LogP contribution < -0.4 is 10.6 Å². The van der Waals surface area contributed by atoms with Crippen LogP contribution >= 0.6 is 0 Å². The fraction of sp³-hybridized carbons (Fsp3) is 0.786. The lowest BCUT2D eigenvalue weighted by Gasteiger charge is -2.30. The fourth-order valence-corrected chi connectivity index (χ4v) is 2.50. The molecule has 0 saturated heterocycles. The molecule has 0 radical (unpaired) electrons. The van der Waals surface area contributed by atoms with Crippen molar-refractivity contribution in [3.05, 3.63) is 11.3 Å². The van der Waals surface area contributed by atoms with Gasteiger partial charge in [0.25, 0.3) is 0 Å². The van der Waals surface area contributed by atoms with Gasteiger partial charge in [0, 0.05) is 31.2 Å². The van der Waals surface area contributed by atoms with Gasteiger partial charge in [0.05, 0.1) is 5.69 Å². The first-order valence-corrected chi connectivity index (χ1v) is 6.96. The maximum atomic E-state index is 5.97. The lowest BCUT2D eigenvalue weighted by molar-refractivity contribution is 0.596. The van der Waals surface area contributed by atoms with Gasteiger partial charge >= 0.3 is 0 Å². The standard InChI is InChI=1S/C14H28N4/c1-7-11(4)18(8-2)14-13(9-10(3)15)12(5)16-17(14)6/h10-11H,7-9,15H2,1-6H3. The van der Waals surface area contributed by atoms with E-state index in [1.807, 2.05) is 11.7 Å². The second-order valence-electron chi connectivity index (χ2n) is 5.24. The fourth-order valence-electron chi connectivity index (χ4n) is 2.50. The van der Waals surface area contributed by atoms with Crippen LogP contribution in [0.3, 0.4) is 0 Å². The summed E-state index contributed by atoms with van der Waals surface area (Å²) in [5.41, 5.74) is 8.37. The highest BCUT2D eigenvalue weighted by Crippen LogP contribution is 2.26. The molecule has 2 unspecified atom stereocenters. The van der Waals surface area contributed by atoms with E-state index >= 15 is 0 Å². The molecule has 0 aliphatic carbocycles. The van der Waals surface area contributed by atoms with Gasteiger partial charge in [-0.3, -0.25) is 4.68 Å². The number of aromatic nitrogens is 2. The van der Waals surface area contributed by atoms with E-state index in [-0.39, 0.29) is 6.04 Å². The molecule has 0 aromatic carbocycles. The van der Waals surface area contributed by atoms with Crippen molar-refractivity contribution in [2.24, 2.45) is 12.8 Å². The number of rotatable bonds is 6. The highest BCUT2D eigenvalue weighted by atomic mass is 15.4. The Balaban J connectivity index is 3.19. The Kier molecular flexibility index (Phi) is 5.20. The van der Waals surface area contributed by atoms with Crippen molar-refractivity contribution in [2.75, 3.05) is 11.4 Å². The summed E-state index contributed by atoms with van der Waals surface area (Å²) in [5.74, 6) is 1.24. The minimum atomic E-state index is 0.169. The number of nitrogens with zero attached hydrogens (tertiary/aromatic N) is 3. The van der Waals surface area contributed by atoms with E-state index in [1.54, 1.807) is 0 Å². The largest absolute Gasteiger partial charge is 0.354 e. The van der Waals surface area contributed by atoms with Crippen LogP contribution in [0, 0.1) is 6.92 Å². The smallest absolute Gasteiger partial charge is 0.130 e. The van der Waals surface area contributed by atoms with Gasteiger partial charge in [-0.2, -0.15) is 5.10 Å². The van der Waals surface area contributed by atoms with Crippen LogP contribution in [0.5, 0.6) is 0 Å². The average Bonchev–Trinajstić information content (AvgIpc) is 2.56. The van der Waals surface area contributed by atoms with Gasteiger partial charge in [0.15, 0.2) is 0 Å². The number of hydrogen-bond donors (Lipinski definition) is 1. The lowest BCUT2D eigenvalue weighted by Crippen LogP contribution is -2.35. The van der Waals surface area contributed by atoms with Crippen molar-refractivity contribution in [3.8, 4) is 0 Å². The molecule has 1 aromatic rings. The topological polar surface area (TPSA) is 47.1 Å². The summed E-state index contributed by atoms with van der Waals surface area (Å²) >= 11 is 0. The van der Waals surface area contributed by atoms with E-state index in [0.29, 0.717) is 6.04 Å². The van der Waals surface area contributed by atoms with Crippen molar-refractivity contribution in [2.45, 2.75) is 59.5 Å². The van der Waals surface area contributed by atoms with Gasteiger partial charge < -0.3 is 10.6 Å². The zero-order valence-corrected chi connectivity index (χ0v) is 12.7. The third-order valence-corrected chi connectivity index (χ3v) is 3.57. The molecule has 0 fully saturated rings. The van der Waals surface area contributed by atoms with E-state index in [0.717, 1.165) is 25.1 Å². The van der Waals surface area contributed by atoms with Crippen LogP contribution in [0.4, 0.5) is 5.82 Å². The van der Waals surface area contributed by atoms with E-state index in [9.17, 15) is 0 Å². The second-order valence-corrected chi connectivity index (χ2v) is 5.24. The molecular formula is C14H28N4. The molecule has 0 saturated carbocycles. The van der Waals surface area contributed by atoms with Gasteiger partial charge in [-0.25, -0.2) is 0 Å². The molecule has 0 aliphatic rings. The summed E-state index contributed by atoms with van der Waals surface area (Å²) in [4.78, 5) is 2.43. The van der Waals surface area contributed by atoms with Gasteiger partial charge in [-0.05, 0) is 40.5 Å². The SMILES string of the molecule is CCC(C)N(CC)c1c(CC(C)N)c(C)nn1C. The number of aryl methyl sites for hydroxylation is 2. The van der Waals surface area contributed by atoms with Crippen molar-refractivity contribution >= 4 is 5.82 Å². The highest BCUT2D eigenvalue weighted by molar-refractivity contribution is 5.51. The van der Waals surface area contributed by atoms with Crippen molar-refractivity contribution in [1.29, 1.82) is 0 Å². The normalized spacial score (nSPS) is 14.6. The third-order valence-electron chi connectivity index (χ3n) is 3.57. The Labute approximate surface area is 111 Å². The maximum absolute atomic E-state index is 5.97. The first-order valence-electron chi connectivity index (χ1n) is 6.96. The Hall–Kier alpha value is -1.03. The molecule has 4 nitrogen and oxygen atoms in total. The van der Waals surface area contributed by atoms with Crippen LogP contribution in [0.25, 0.3) is 0 Å². The Morgan fingerprint density at radius 1 is 1.33 bits per heavy atom. The quantitative estimate of drug-likeness (QED) is 0.844. The number of anilines is 1. The van der Waals surface area contributed by atoms with Crippen LogP contribution in [-0.2, 0) is 13.5 Å². The van der Waals surface area contributed by atoms with Gasteiger partial charge in [-0.1, -0.05) is 6.92 Å². The maximum Gasteiger partial charge on any atom is 0.130 e. The Morgan fingerprint density at radius 3 is 2.39 bits per heavy atom. The van der Waals surface area contributed by atoms with Crippen LogP contribution in [-0.4, -0.2) is 28.4 Å². The minimum Gasteiger partial charge on any atom is -0.354 e. The summed E-state index contributed by atoms with van der Waals surface area (Å²) in [6, 6.07) is 0.693. The molecule has 2 atom stereocenters. The highest BCUT2D eigenvalue weighted by Gasteiger charge is 2.21. The summed E-state index contributed by atoms with van der Waals surface area (Å²) in [5, 5.41) is 4.57. The molecule has 18 heavy (non-hydrogen) atoms.